The minimum atomic E-state index is -0.164. The number of carbonyl (C=O) groups excluding carboxylic acids is 1. The van der Waals surface area contributed by atoms with Crippen LogP contribution >= 0.6 is 0 Å². The van der Waals surface area contributed by atoms with Gasteiger partial charge in [-0.3, -0.25) is 9.78 Å². The van der Waals surface area contributed by atoms with Gasteiger partial charge in [0, 0.05) is 18.3 Å². The number of pyridine rings is 1. The first-order valence-electron chi connectivity index (χ1n) is 7.95. The van der Waals surface area contributed by atoms with Crippen LogP contribution in [0.15, 0.2) is 73.1 Å². The third-order valence-corrected chi connectivity index (χ3v) is 3.66. The molecule has 0 radical (unpaired) electrons. The number of aromatic hydroxyl groups is 1. The predicted molar refractivity (Wildman–Crippen MR) is 94.9 cm³/mol. The highest BCUT2D eigenvalue weighted by Gasteiger charge is 2.06. The zero-order valence-corrected chi connectivity index (χ0v) is 13.6. The number of hydrogen-bond acceptors (Lipinski definition) is 4. The van der Waals surface area contributed by atoms with Gasteiger partial charge in [-0.15, -0.1) is 0 Å². The minimum Gasteiger partial charge on any atom is -0.508 e. The number of ether oxygens (including phenoxy) is 1. The van der Waals surface area contributed by atoms with Gasteiger partial charge in [-0.25, -0.2) is 0 Å². The molecule has 0 saturated carbocycles. The van der Waals surface area contributed by atoms with E-state index in [-0.39, 0.29) is 11.7 Å². The second-order valence-electron chi connectivity index (χ2n) is 5.45. The van der Waals surface area contributed by atoms with Crippen molar-refractivity contribution in [2.45, 2.75) is 6.42 Å². The molecular formula is C20H18N2O3. The van der Waals surface area contributed by atoms with Gasteiger partial charge in [0.15, 0.2) is 0 Å². The quantitative estimate of drug-likeness (QED) is 0.723. The summed E-state index contributed by atoms with van der Waals surface area (Å²) in [6, 6.07) is 17.6. The number of nitrogens with zero attached hydrogens (tertiary/aromatic N) is 1. The van der Waals surface area contributed by atoms with Crippen molar-refractivity contribution < 1.29 is 14.6 Å². The predicted octanol–water partition coefficient (Wildman–Crippen LogP) is 3.55. The molecule has 5 heteroatoms. The molecule has 3 aromatic rings. The minimum absolute atomic E-state index is 0.164. The van der Waals surface area contributed by atoms with Crippen LogP contribution in [0, 0.1) is 0 Å². The molecule has 1 amide bonds. The van der Waals surface area contributed by atoms with E-state index in [1.807, 2.05) is 18.2 Å². The second-order valence-corrected chi connectivity index (χ2v) is 5.45. The van der Waals surface area contributed by atoms with Crippen molar-refractivity contribution in [3.63, 3.8) is 0 Å². The lowest BCUT2D eigenvalue weighted by Gasteiger charge is -2.08. The summed E-state index contributed by atoms with van der Waals surface area (Å²) in [5.41, 5.74) is 1.36. The fourth-order valence-corrected chi connectivity index (χ4v) is 2.35. The van der Waals surface area contributed by atoms with Gasteiger partial charge >= 0.3 is 0 Å². The number of benzene rings is 2. The molecule has 0 atom stereocenters. The van der Waals surface area contributed by atoms with E-state index >= 15 is 0 Å². The van der Waals surface area contributed by atoms with Crippen molar-refractivity contribution in [1.29, 1.82) is 0 Å². The second kappa shape index (κ2) is 7.97. The van der Waals surface area contributed by atoms with E-state index in [1.165, 1.54) is 0 Å². The number of rotatable bonds is 6. The average molecular weight is 334 g/mol. The van der Waals surface area contributed by atoms with Crippen molar-refractivity contribution in [2.24, 2.45) is 0 Å². The fourth-order valence-electron chi connectivity index (χ4n) is 2.35. The van der Waals surface area contributed by atoms with Crippen molar-refractivity contribution in [2.75, 3.05) is 6.54 Å². The van der Waals surface area contributed by atoms with Crippen LogP contribution in [-0.4, -0.2) is 22.5 Å². The van der Waals surface area contributed by atoms with E-state index in [4.69, 9.17) is 4.74 Å². The SMILES string of the molecule is O=C(NCCc1ccccc1O)c1ccc(Oc2cccnc2)cc1. The summed E-state index contributed by atoms with van der Waals surface area (Å²) in [4.78, 5) is 16.1. The fraction of sp³-hybridized carbons (Fsp3) is 0.100. The van der Waals surface area contributed by atoms with Gasteiger partial charge in [0.1, 0.15) is 17.2 Å². The number of aromatic nitrogens is 1. The van der Waals surface area contributed by atoms with Crippen molar-refractivity contribution >= 4 is 5.91 Å². The molecular weight excluding hydrogens is 316 g/mol. The zero-order valence-electron chi connectivity index (χ0n) is 13.6. The first-order valence-corrected chi connectivity index (χ1v) is 7.95. The Hall–Kier alpha value is -3.34. The summed E-state index contributed by atoms with van der Waals surface area (Å²) in [6.07, 6.45) is 3.87. The van der Waals surface area contributed by atoms with Crippen LogP contribution in [-0.2, 0) is 6.42 Å². The lowest BCUT2D eigenvalue weighted by molar-refractivity contribution is 0.0954. The van der Waals surface area contributed by atoms with Crippen LogP contribution in [0.25, 0.3) is 0 Å². The lowest BCUT2D eigenvalue weighted by atomic mass is 10.1. The Morgan fingerprint density at radius 3 is 2.52 bits per heavy atom. The maximum atomic E-state index is 12.2. The lowest BCUT2D eigenvalue weighted by Crippen LogP contribution is -2.25. The maximum absolute atomic E-state index is 12.2. The number of para-hydroxylation sites is 1. The Kier molecular flexibility index (Phi) is 5.26. The first kappa shape index (κ1) is 16.5. The molecule has 126 valence electrons. The highest BCUT2D eigenvalue weighted by atomic mass is 16.5. The summed E-state index contributed by atoms with van der Waals surface area (Å²) >= 11 is 0. The molecule has 0 aliphatic heterocycles. The molecule has 1 heterocycles. The number of amides is 1. The van der Waals surface area contributed by atoms with E-state index in [2.05, 4.69) is 10.3 Å². The Bertz CT molecular complexity index is 833. The van der Waals surface area contributed by atoms with Gasteiger partial charge in [-0.2, -0.15) is 0 Å². The molecule has 0 spiro atoms. The van der Waals surface area contributed by atoms with Gasteiger partial charge in [-0.05, 0) is 54.4 Å². The Morgan fingerprint density at radius 2 is 1.80 bits per heavy atom. The summed E-state index contributed by atoms with van der Waals surface area (Å²) in [5.74, 6) is 1.36. The summed E-state index contributed by atoms with van der Waals surface area (Å²) in [7, 11) is 0. The van der Waals surface area contributed by atoms with Crippen molar-refractivity contribution in [3.05, 3.63) is 84.2 Å². The van der Waals surface area contributed by atoms with Gasteiger partial charge in [-0.1, -0.05) is 18.2 Å². The molecule has 0 fully saturated rings. The highest BCUT2D eigenvalue weighted by Crippen LogP contribution is 2.20. The van der Waals surface area contributed by atoms with Crippen LogP contribution in [0.5, 0.6) is 17.2 Å². The molecule has 0 aliphatic rings. The maximum Gasteiger partial charge on any atom is 0.251 e. The monoisotopic (exact) mass is 334 g/mol. The van der Waals surface area contributed by atoms with E-state index in [9.17, 15) is 9.90 Å². The molecule has 0 aliphatic carbocycles. The average Bonchev–Trinajstić information content (AvgIpc) is 2.65. The van der Waals surface area contributed by atoms with Crippen LogP contribution in [0.4, 0.5) is 0 Å². The third-order valence-electron chi connectivity index (χ3n) is 3.66. The number of phenolic OH excluding ortho intramolecular Hbond substituents is 1. The van der Waals surface area contributed by atoms with E-state index in [0.717, 1.165) is 5.56 Å². The largest absolute Gasteiger partial charge is 0.508 e. The highest BCUT2D eigenvalue weighted by molar-refractivity contribution is 5.94. The molecule has 3 rings (SSSR count). The van der Waals surface area contributed by atoms with Crippen LogP contribution in [0.2, 0.25) is 0 Å². The van der Waals surface area contributed by atoms with Gasteiger partial charge in [0.2, 0.25) is 0 Å². The summed E-state index contributed by atoms with van der Waals surface area (Å²) in [5, 5.41) is 12.6. The Morgan fingerprint density at radius 1 is 1.00 bits per heavy atom. The van der Waals surface area contributed by atoms with E-state index in [0.29, 0.717) is 30.0 Å². The molecule has 2 aromatic carbocycles. The molecule has 25 heavy (non-hydrogen) atoms. The number of nitrogens with one attached hydrogen (secondary N) is 1. The third kappa shape index (κ3) is 4.57. The van der Waals surface area contributed by atoms with Crippen molar-refractivity contribution in [3.8, 4) is 17.2 Å². The standard InChI is InChI=1S/C20H18N2O3/c23-19-6-2-1-4-15(19)11-13-22-20(24)16-7-9-17(10-8-16)25-18-5-3-12-21-14-18/h1-10,12,14,23H,11,13H2,(H,22,24). The van der Waals surface area contributed by atoms with Crippen LogP contribution < -0.4 is 10.1 Å². The number of hydrogen-bond donors (Lipinski definition) is 2. The zero-order chi connectivity index (χ0) is 17.5. The van der Waals surface area contributed by atoms with E-state index < -0.39 is 0 Å². The Balaban J connectivity index is 1.53. The summed E-state index contributed by atoms with van der Waals surface area (Å²) in [6.45, 7) is 0.449. The van der Waals surface area contributed by atoms with Crippen LogP contribution in [0.1, 0.15) is 15.9 Å². The number of carbonyl (C=O) groups is 1. The van der Waals surface area contributed by atoms with Gasteiger partial charge in [0.25, 0.3) is 5.91 Å². The molecule has 0 bridgehead atoms. The topological polar surface area (TPSA) is 71.5 Å². The number of phenols is 1. The van der Waals surface area contributed by atoms with Gasteiger partial charge in [0.05, 0.1) is 6.20 Å². The normalized spacial score (nSPS) is 10.2. The van der Waals surface area contributed by atoms with Gasteiger partial charge < -0.3 is 15.2 Å². The smallest absolute Gasteiger partial charge is 0.251 e. The van der Waals surface area contributed by atoms with Crippen molar-refractivity contribution in [1.82, 2.24) is 10.3 Å². The summed E-state index contributed by atoms with van der Waals surface area (Å²) < 4.78 is 5.64. The van der Waals surface area contributed by atoms with Crippen LogP contribution in [0.3, 0.4) is 0 Å². The molecule has 5 nitrogen and oxygen atoms in total. The molecule has 0 unspecified atom stereocenters. The van der Waals surface area contributed by atoms with E-state index in [1.54, 1.807) is 54.9 Å². The molecule has 0 saturated heterocycles. The first-order chi connectivity index (χ1) is 12.2. The Labute approximate surface area is 145 Å². The molecule has 1 aromatic heterocycles. The molecule has 2 N–H and O–H groups in total.